The van der Waals surface area contributed by atoms with Gasteiger partial charge in [0.25, 0.3) is 5.69 Å². The lowest BCUT2D eigenvalue weighted by Gasteiger charge is -2.11. The van der Waals surface area contributed by atoms with Crippen LogP contribution in [0.2, 0.25) is 0 Å². The third-order valence-electron chi connectivity index (χ3n) is 2.78. The van der Waals surface area contributed by atoms with Crippen LogP contribution < -0.4 is 14.2 Å². The Bertz CT molecular complexity index is 645. The second-order valence-electron chi connectivity index (χ2n) is 4.24. The first-order valence-electron chi connectivity index (χ1n) is 6.44. The lowest BCUT2D eigenvalue weighted by molar-refractivity contribution is -0.385. The molecular formula is C15H14BrNO5. The molecule has 7 heteroatoms. The van der Waals surface area contributed by atoms with Gasteiger partial charge in [-0.1, -0.05) is 15.9 Å². The maximum absolute atomic E-state index is 10.8. The topological polar surface area (TPSA) is 70.8 Å². The summed E-state index contributed by atoms with van der Waals surface area (Å²) in [7, 11) is 1.48. The minimum atomic E-state index is -0.482. The standard InChI is InChI=1S/C15H14BrNO5/c1-20-14-7-4-12(17(18)19)10-15(14)22-9-8-21-13-5-2-11(16)3-6-13/h2-7,10H,8-9H2,1H3. The molecule has 116 valence electrons. The Kier molecular flexibility index (Phi) is 5.60. The van der Waals surface area contributed by atoms with Gasteiger partial charge >= 0.3 is 0 Å². The Morgan fingerprint density at radius 2 is 1.73 bits per heavy atom. The quantitative estimate of drug-likeness (QED) is 0.422. The molecule has 0 saturated carbocycles. The van der Waals surface area contributed by atoms with Crippen molar-refractivity contribution in [2.24, 2.45) is 0 Å². The van der Waals surface area contributed by atoms with Gasteiger partial charge in [0.2, 0.25) is 0 Å². The van der Waals surface area contributed by atoms with Crippen LogP contribution in [0.5, 0.6) is 17.2 Å². The molecule has 2 aromatic rings. The predicted molar refractivity (Wildman–Crippen MR) is 84.8 cm³/mol. The van der Waals surface area contributed by atoms with E-state index >= 15 is 0 Å². The Hall–Kier alpha value is -2.28. The molecule has 22 heavy (non-hydrogen) atoms. The average molecular weight is 368 g/mol. The van der Waals surface area contributed by atoms with Gasteiger partial charge in [0.15, 0.2) is 11.5 Å². The largest absolute Gasteiger partial charge is 0.493 e. The lowest BCUT2D eigenvalue weighted by Crippen LogP contribution is -2.09. The van der Waals surface area contributed by atoms with Crippen LogP contribution in [0.3, 0.4) is 0 Å². The van der Waals surface area contributed by atoms with Crippen molar-refractivity contribution in [3.8, 4) is 17.2 Å². The van der Waals surface area contributed by atoms with E-state index in [2.05, 4.69) is 15.9 Å². The van der Waals surface area contributed by atoms with Gasteiger partial charge in [0.1, 0.15) is 19.0 Å². The van der Waals surface area contributed by atoms with Gasteiger partial charge in [0, 0.05) is 10.5 Å². The van der Waals surface area contributed by atoms with Crippen LogP contribution in [0.1, 0.15) is 0 Å². The monoisotopic (exact) mass is 367 g/mol. The Morgan fingerprint density at radius 1 is 1.05 bits per heavy atom. The van der Waals surface area contributed by atoms with Crippen molar-refractivity contribution in [3.05, 3.63) is 57.1 Å². The Labute approximate surface area is 135 Å². The van der Waals surface area contributed by atoms with Crippen molar-refractivity contribution in [3.63, 3.8) is 0 Å². The number of nitrogens with zero attached hydrogens (tertiary/aromatic N) is 1. The number of non-ortho nitro benzene ring substituents is 1. The number of halogens is 1. The summed E-state index contributed by atoms with van der Waals surface area (Å²) in [5.41, 5.74) is -0.0513. The van der Waals surface area contributed by atoms with Gasteiger partial charge in [-0.2, -0.15) is 0 Å². The second kappa shape index (κ2) is 7.65. The highest BCUT2D eigenvalue weighted by Crippen LogP contribution is 2.31. The van der Waals surface area contributed by atoms with Crippen LogP contribution >= 0.6 is 15.9 Å². The van der Waals surface area contributed by atoms with Crippen molar-refractivity contribution >= 4 is 21.6 Å². The van der Waals surface area contributed by atoms with E-state index in [4.69, 9.17) is 14.2 Å². The van der Waals surface area contributed by atoms with Crippen LogP contribution in [-0.4, -0.2) is 25.2 Å². The molecule has 0 heterocycles. The molecule has 2 rings (SSSR count). The number of nitro benzene ring substituents is 1. The summed E-state index contributed by atoms with van der Waals surface area (Å²) in [6.07, 6.45) is 0. The van der Waals surface area contributed by atoms with Gasteiger partial charge < -0.3 is 14.2 Å². The summed E-state index contributed by atoms with van der Waals surface area (Å²) >= 11 is 3.34. The molecule has 0 unspecified atom stereocenters. The van der Waals surface area contributed by atoms with Crippen LogP contribution in [0.15, 0.2) is 46.9 Å². The van der Waals surface area contributed by atoms with E-state index in [1.54, 1.807) is 0 Å². The van der Waals surface area contributed by atoms with Gasteiger partial charge in [-0.3, -0.25) is 10.1 Å². The molecule has 0 N–H and O–H groups in total. The van der Waals surface area contributed by atoms with E-state index in [1.165, 1.54) is 25.3 Å². The number of hydrogen-bond donors (Lipinski definition) is 0. The summed E-state index contributed by atoms with van der Waals surface area (Å²) in [5, 5.41) is 10.8. The molecule has 0 aromatic heterocycles. The van der Waals surface area contributed by atoms with Crippen molar-refractivity contribution in [1.82, 2.24) is 0 Å². The minimum absolute atomic E-state index is 0.0513. The smallest absolute Gasteiger partial charge is 0.273 e. The lowest BCUT2D eigenvalue weighted by atomic mass is 10.3. The SMILES string of the molecule is COc1ccc([N+](=O)[O-])cc1OCCOc1ccc(Br)cc1. The van der Waals surface area contributed by atoms with Crippen LogP contribution in [0, 0.1) is 10.1 Å². The fraction of sp³-hybridized carbons (Fsp3) is 0.200. The zero-order chi connectivity index (χ0) is 15.9. The highest BCUT2D eigenvalue weighted by molar-refractivity contribution is 9.10. The number of benzene rings is 2. The van der Waals surface area contributed by atoms with Crippen molar-refractivity contribution in [2.45, 2.75) is 0 Å². The number of rotatable bonds is 7. The Morgan fingerprint density at radius 3 is 2.36 bits per heavy atom. The molecule has 0 fully saturated rings. The highest BCUT2D eigenvalue weighted by atomic mass is 79.9. The molecule has 0 aliphatic rings. The molecular weight excluding hydrogens is 354 g/mol. The molecule has 0 amide bonds. The third-order valence-corrected chi connectivity index (χ3v) is 3.31. The maximum Gasteiger partial charge on any atom is 0.273 e. The molecule has 0 aliphatic carbocycles. The first-order chi connectivity index (χ1) is 10.6. The summed E-state index contributed by atoms with van der Waals surface area (Å²) in [4.78, 5) is 10.3. The van der Waals surface area contributed by atoms with Gasteiger partial charge in [-0.25, -0.2) is 0 Å². The van der Waals surface area contributed by atoms with E-state index in [9.17, 15) is 10.1 Å². The average Bonchev–Trinajstić information content (AvgIpc) is 2.53. The second-order valence-corrected chi connectivity index (χ2v) is 5.16. The van der Waals surface area contributed by atoms with Gasteiger partial charge in [0.05, 0.1) is 18.1 Å². The number of ether oxygens (including phenoxy) is 3. The maximum atomic E-state index is 10.8. The molecule has 0 aliphatic heterocycles. The van der Waals surface area contributed by atoms with Crippen molar-refractivity contribution in [2.75, 3.05) is 20.3 Å². The van der Waals surface area contributed by atoms with Crippen molar-refractivity contribution in [1.29, 1.82) is 0 Å². The van der Waals surface area contributed by atoms with Gasteiger partial charge in [-0.05, 0) is 30.3 Å². The van der Waals surface area contributed by atoms with Crippen LogP contribution in [0.25, 0.3) is 0 Å². The molecule has 0 spiro atoms. The third kappa shape index (κ3) is 4.36. The van der Waals surface area contributed by atoms with E-state index < -0.39 is 4.92 Å². The van der Waals surface area contributed by atoms with E-state index in [0.717, 1.165) is 10.2 Å². The fourth-order valence-electron chi connectivity index (χ4n) is 1.73. The summed E-state index contributed by atoms with van der Waals surface area (Å²) < 4.78 is 17.1. The molecule has 0 bridgehead atoms. The summed E-state index contributed by atoms with van der Waals surface area (Å²) in [5.74, 6) is 1.48. The van der Waals surface area contributed by atoms with E-state index in [0.29, 0.717) is 18.1 Å². The zero-order valence-electron chi connectivity index (χ0n) is 11.8. The molecule has 6 nitrogen and oxygen atoms in total. The molecule has 2 aromatic carbocycles. The molecule has 0 radical (unpaired) electrons. The number of methoxy groups -OCH3 is 1. The zero-order valence-corrected chi connectivity index (χ0v) is 13.4. The predicted octanol–water partition coefficient (Wildman–Crippen LogP) is 3.82. The Balaban J connectivity index is 1.91. The fourth-order valence-corrected chi connectivity index (χ4v) is 2.00. The molecule has 0 saturated heterocycles. The summed E-state index contributed by atoms with van der Waals surface area (Å²) in [6.45, 7) is 0.557. The van der Waals surface area contributed by atoms with Crippen molar-refractivity contribution < 1.29 is 19.1 Å². The number of hydrogen-bond acceptors (Lipinski definition) is 5. The van der Waals surface area contributed by atoms with E-state index in [-0.39, 0.29) is 12.3 Å². The highest BCUT2D eigenvalue weighted by Gasteiger charge is 2.12. The van der Waals surface area contributed by atoms with E-state index in [1.807, 2.05) is 24.3 Å². The minimum Gasteiger partial charge on any atom is -0.493 e. The van der Waals surface area contributed by atoms with Crippen LogP contribution in [-0.2, 0) is 0 Å². The van der Waals surface area contributed by atoms with Crippen LogP contribution in [0.4, 0.5) is 5.69 Å². The number of nitro groups is 1. The van der Waals surface area contributed by atoms with Gasteiger partial charge in [-0.15, -0.1) is 0 Å². The first-order valence-corrected chi connectivity index (χ1v) is 7.23. The molecule has 0 atom stereocenters. The first kappa shape index (κ1) is 16.1. The normalized spacial score (nSPS) is 10.1. The summed E-state index contributed by atoms with van der Waals surface area (Å²) in [6, 6.07) is 11.6.